The number of nitrogens with one attached hydrogen (secondary N) is 1. The average molecular weight is 404 g/mol. The summed E-state index contributed by atoms with van der Waals surface area (Å²) in [4.78, 5) is 12.4. The number of benzene rings is 1. The number of rotatable bonds is 7. The predicted octanol–water partition coefficient (Wildman–Crippen LogP) is 5.10. The predicted molar refractivity (Wildman–Crippen MR) is 111 cm³/mol. The number of hydrogen-bond donors (Lipinski definition) is 1. The van der Waals surface area contributed by atoms with Crippen molar-refractivity contribution in [1.29, 1.82) is 0 Å². The summed E-state index contributed by atoms with van der Waals surface area (Å²) in [6.07, 6.45) is 10.8. The van der Waals surface area contributed by atoms with Gasteiger partial charge in [-0.2, -0.15) is 5.10 Å². The first kappa shape index (κ1) is 20.3. The van der Waals surface area contributed by atoms with Gasteiger partial charge in [-0.1, -0.05) is 30.9 Å². The minimum absolute atomic E-state index is 0.221. The van der Waals surface area contributed by atoms with Gasteiger partial charge in [0.2, 0.25) is 5.91 Å². The highest BCUT2D eigenvalue weighted by molar-refractivity contribution is 6.32. The molecule has 1 fully saturated rings. The van der Waals surface area contributed by atoms with Gasteiger partial charge in [0.25, 0.3) is 0 Å². The number of ether oxygens (including phenoxy) is 2. The summed E-state index contributed by atoms with van der Waals surface area (Å²) in [5.74, 6) is 1.54. The van der Waals surface area contributed by atoms with Crippen LogP contribution in [0.25, 0.3) is 6.08 Å². The van der Waals surface area contributed by atoms with Crippen molar-refractivity contribution in [3.63, 3.8) is 0 Å². The second kappa shape index (κ2) is 9.64. The van der Waals surface area contributed by atoms with Crippen LogP contribution in [0.5, 0.6) is 11.5 Å². The van der Waals surface area contributed by atoms with Gasteiger partial charge in [0, 0.05) is 12.1 Å². The quantitative estimate of drug-likeness (QED) is 0.653. The van der Waals surface area contributed by atoms with Crippen LogP contribution in [0.1, 0.15) is 50.6 Å². The zero-order valence-corrected chi connectivity index (χ0v) is 17.0. The molecule has 0 bridgehead atoms. The van der Waals surface area contributed by atoms with E-state index in [-0.39, 0.29) is 5.91 Å². The number of aromatic nitrogens is 2. The third-order valence-corrected chi connectivity index (χ3v) is 5.09. The Hall–Kier alpha value is -2.47. The van der Waals surface area contributed by atoms with Crippen molar-refractivity contribution < 1.29 is 14.3 Å². The van der Waals surface area contributed by atoms with Crippen LogP contribution in [-0.2, 0) is 4.79 Å². The van der Waals surface area contributed by atoms with Crippen molar-refractivity contribution in [1.82, 2.24) is 9.78 Å². The van der Waals surface area contributed by atoms with Gasteiger partial charge in [-0.15, -0.1) is 0 Å². The molecule has 28 heavy (non-hydrogen) atoms. The van der Waals surface area contributed by atoms with Crippen LogP contribution in [0.3, 0.4) is 0 Å². The molecule has 0 spiro atoms. The maximum Gasteiger partial charge on any atom is 0.249 e. The molecule has 0 unspecified atom stereocenters. The molecular formula is C21H26ClN3O3. The van der Waals surface area contributed by atoms with E-state index in [0.29, 0.717) is 29.2 Å². The van der Waals surface area contributed by atoms with Crippen molar-refractivity contribution in [2.75, 3.05) is 19.0 Å². The van der Waals surface area contributed by atoms with Crippen LogP contribution < -0.4 is 14.8 Å². The molecule has 1 amide bonds. The van der Waals surface area contributed by atoms with E-state index in [2.05, 4.69) is 10.4 Å². The van der Waals surface area contributed by atoms with E-state index in [9.17, 15) is 4.79 Å². The Morgan fingerprint density at radius 2 is 2.14 bits per heavy atom. The van der Waals surface area contributed by atoms with Crippen molar-refractivity contribution in [3.8, 4) is 11.5 Å². The van der Waals surface area contributed by atoms with Crippen LogP contribution in [0.4, 0.5) is 5.82 Å². The Labute approximate surface area is 170 Å². The molecule has 1 N–H and O–H groups in total. The van der Waals surface area contributed by atoms with Crippen LogP contribution in [0, 0.1) is 0 Å². The lowest BCUT2D eigenvalue weighted by molar-refractivity contribution is -0.111. The summed E-state index contributed by atoms with van der Waals surface area (Å²) in [7, 11) is 1.56. The fraction of sp³-hybridized carbons (Fsp3) is 0.429. The highest BCUT2D eigenvalue weighted by Crippen LogP contribution is 2.36. The van der Waals surface area contributed by atoms with Gasteiger partial charge in [0.05, 0.1) is 31.0 Å². The van der Waals surface area contributed by atoms with Gasteiger partial charge < -0.3 is 14.8 Å². The van der Waals surface area contributed by atoms with E-state index in [4.69, 9.17) is 21.1 Å². The fourth-order valence-corrected chi connectivity index (χ4v) is 3.76. The second-order valence-corrected chi connectivity index (χ2v) is 7.15. The number of anilines is 1. The highest BCUT2D eigenvalue weighted by Gasteiger charge is 2.18. The number of hydrogen-bond acceptors (Lipinski definition) is 4. The molecule has 1 saturated carbocycles. The SMILES string of the molecule is CCOc1c(Cl)cc(/C=C/C(=O)Nc2ccnn2C2CCCCC2)cc1OC. The van der Waals surface area contributed by atoms with Gasteiger partial charge in [0.1, 0.15) is 5.82 Å². The third kappa shape index (κ3) is 4.87. The topological polar surface area (TPSA) is 65.4 Å². The van der Waals surface area contributed by atoms with Crippen molar-refractivity contribution in [2.24, 2.45) is 0 Å². The molecule has 0 saturated heterocycles. The van der Waals surface area contributed by atoms with Crippen LogP contribution >= 0.6 is 11.6 Å². The van der Waals surface area contributed by atoms with E-state index in [1.165, 1.54) is 25.3 Å². The first-order chi connectivity index (χ1) is 13.6. The molecular weight excluding hydrogens is 378 g/mol. The standard InChI is InChI=1S/C21H26ClN3O3/c1-3-28-21-17(22)13-15(14-18(21)27-2)9-10-20(26)24-19-11-12-23-25(19)16-7-5-4-6-8-16/h9-14,16H,3-8H2,1-2H3,(H,24,26)/b10-9+. The summed E-state index contributed by atoms with van der Waals surface area (Å²) in [6, 6.07) is 5.71. The molecule has 150 valence electrons. The Bertz CT molecular complexity index is 841. The van der Waals surface area contributed by atoms with E-state index in [0.717, 1.165) is 24.2 Å². The molecule has 1 heterocycles. The maximum atomic E-state index is 12.4. The largest absolute Gasteiger partial charge is 0.493 e. The van der Waals surface area contributed by atoms with Crippen LogP contribution in [-0.4, -0.2) is 29.4 Å². The van der Waals surface area contributed by atoms with E-state index >= 15 is 0 Å². The average Bonchev–Trinajstić information content (AvgIpc) is 3.16. The van der Waals surface area contributed by atoms with E-state index in [1.807, 2.05) is 17.7 Å². The molecule has 3 rings (SSSR count). The van der Waals surface area contributed by atoms with E-state index in [1.54, 1.807) is 31.5 Å². The minimum Gasteiger partial charge on any atom is -0.493 e. The Morgan fingerprint density at radius 1 is 1.36 bits per heavy atom. The number of halogens is 1. The number of nitrogens with zero attached hydrogens (tertiary/aromatic N) is 2. The summed E-state index contributed by atoms with van der Waals surface area (Å²) < 4.78 is 12.8. The van der Waals surface area contributed by atoms with Crippen LogP contribution in [0.15, 0.2) is 30.5 Å². The summed E-state index contributed by atoms with van der Waals surface area (Å²) in [6.45, 7) is 2.37. The summed E-state index contributed by atoms with van der Waals surface area (Å²) in [5, 5.41) is 7.76. The Balaban J connectivity index is 1.69. The molecule has 2 aromatic rings. The number of methoxy groups -OCH3 is 1. The second-order valence-electron chi connectivity index (χ2n) is 6.74. The molecule has 1 aromatic carbocycles. The lowest BCUT2D eigenvalue weighted by atomic mass is 9.96. The van der Waals surface area contributed by atoms with Crippen molar-refractivity contribution >= 4 is 29.4 Å². The molecule has 1 aliphatic carbocycles. The number of carbonyl (C=O) groups excluding carboxylic acids is 1. The Kier molecular flexibility index (Phi) is 6.98. The molecule has 1 aromatic heterocycles. The summed E-state index contributed by atoms with van der Waals surface area (Å²) in [5.41, 5.74) is 0.751. The molecule has 6 nitrogen and oxygen atoms in total. The smallest absolute Gasteiger partial charge is 0.249 e. The fourth-order valence-electron chi connectivity index (χ4n) is 3.49. The lowest BCUT2D eigenvalue weighted by Gasteiger charge is -2.23. The van der Waals surface area contributed by atoms with Gasteiger partial charge in [-0.25, -0.2) is 4.68 Å². The van der Waals surface area contributed by atoms with E-state index < -0.39 is 0 Å². The minimum atomic E-state index is -0.221. The van der Waals surface area contributed by atoms with Gasteiger partial charge in [0.15, 0.2) is 11.5 Å². The molecule has 0 radical (unpaired) electrons. The summed E-state index contributed by atoms with van der Waals surface area (Å²) >= 11 is 6.28. The van der Waals surface area contributed by atoms with Gasteiger partial charge in [-0.3, -0.25) is 4.79 Å². The number of amides is 1. The lowest BCUT2D eigenvalue weighted by Crippen LogP contribution is -2.19. The van der Waals surface area contributed by atoms with Gasteiger partial charge >= 0.3 is 0 Å². The molecule has 1 aliphatic rings. The maximum absolute atomic E-state index is 12.4. The number of carbonyl (C=O) groups is 1. The van der Waals surface area contributed by atoms with Crippen molar-refractivity contribution in [2.45, 2.75) is 45.1 Å². The first-order valence-electron chi connectivity index (χ1n) is 9.65. The zero-order valence-electron chi connectivity index (χ0n) is 16.3. The van der Waals surface area contributed by atoms with Crippen LogP contribution in [0.2, 0.25) is 5.02 Å². The molecule has 0 atom stereocenters. The van der Waals surface area contributed by atoms with Crippen molar-refractivity contribution in [3.05, 3.63) is 41.1 Å². The van der Waals surface area contributed by atoms with Gasteiger partial charge in [-0.05, 0) is 43.5 Å². The zero-order chi connectivity index (χ0) is 19.9. The molecule has 0 aliphatic heterocycles. The monoisotopic (exact) mass is 403 g/mol. The Morgan fingerprint density at radius 3 is 2.86 bits per heavy atom. The molecule has 7 heteroatoms. The first-order valence-corrected chi connectivity index (χ1v) is 10.0. The third-order valence-electron chi connectivity index (χ3n) is 4.81. The highest BCUT2D eigenvalue weighted by atomic mass is 35.5. The normalized spacial score (nSPS) is 15.0.